The van der Waals surface area contributed by atoms with E-state index in [-0.39, 0.29) is 47.8 Å². The van der Waals surface area contributed by atoms with Crippen LogP contribution in [0.2, 0.25) is 0 Å². The molecule has 78 heavy (non-hydrogen) atoms. The predicted octanol–water partition coefficient (Wildman–Crippen LogP) is 6.89. The molecule has 0 saturated carbocycles. The van der Waals surface area contributed by atoms with Gasteiger partial charge in [0, 0.05) is 102 Å². The topological polar surface area (TPSA) is 177 Å². The Morgan fingerprint density at radius 3 is 1.14 bits per heavy atom. The summed E-state index contributed by atoms with van der Waals surface area (Å²) in [6.45, 7) is 15.7. The summed E-state index contributed by atoms with van der Waals surface area (Å²) in [5.41, 5.74) is 2.41. The number of rotatable bonds is 14. The maximum absolute atomic E-state index is 13.1. The van der Waals surface area contributed by atoms with Gasteiger partial charge in [-0.25, -0.2) is 0 Å². The largest absolute Gasteiger partial charge is 1.00 e. The summed E-state index contributed by atoms with van der Waals surface area (Å²) in [4.78, 5) is 50.7. The number of halogens is 6. The van der Waals surface area contributed by atoms with Gasteiger partial charge in [-0.05, 0) is 107 Å². The van der Waals surface area contributed by atoms with Crippen molar-refractivity contribution in [1.29, 1.82) is 0 Å². The van der Waals surface area contributed by atoms with Crippen LogP contribution >= 0.6 is 0 Å². The molecule has 0 radical (unpaired) electrons. The van der Waals surface area contributed by atoms with Gasteiger partial charge in [-0.2, -0.15) is 45.5 Å². The summed E-state index contributed by atoms with van der Waals surface area (Å²) in [5, 5.41) is 19.7. The SMILES string of the molecule is CC1CN(Cc2ccc(-c3ccc(C(C)(O)C(F)(F)F)cc3)cc2)CCN1Cc1ccncc1.CCCC1CN(Cc2ccc(-c3ccc(C(C)(O)C(F)(F)F)cc3)cc2)CCN1Cc1ccncc1.O=C=O.O=C=O.[Li+].[OH-]. The van der Waals surface area contributed by atoms with Crippen LogP contribution in [0.1, 0.15) is 73.9 Å². The van der Waals surface area contributed by atoms with Crippen LogP contribution in [0.25, 0.3) is 22.3 Å². The number of carbonyl (C=O) groups excluding carboxylic acids is 4. The molecule has 4 aromatic carbocycles. The zero-order chi connectivity index (χ0) is 55.5. The number of piperazine rings is 2. The molecule has 0 amide bonds. The van der Waals surface area contributed by atoms with Crippen molar-refractivity contribution in [3.8, 4) is 22.3 Å². The summed E-state index contributed by atoms with van der Waals surface area (Å²) in [6.07, 6.45) is 0.736. The zero-order valence-corrected chi connectivity index (χ0v) is 44.4. The Morgan fingerprint density at radius 1 is 0.500 bits per heavy atom. The van der Waals surface area contributed by atoms with Crippen LogP contribution in [0.3, 0.4) is 0 Å². The van der Waals surface area contributed by atoms with Crippen molar-refractivity contribution in [2.24, 2.45) is 0 Å². The number of nitrogens with zero attached hydrogens (tertiary/aromatic N) is 6. The van der Waals surface area contributed by atoms with Crippen molar-refractivity contribution in [3.05, 3.63) is 179 Å². The summed E-state index contributed by atoms with van der Waals surface area (Å²) >= 11 is 0. The van der Waals surface area contributed by atoms with Crippen molar-refractivity contribution in [2.45, 2.75) is 102 Å². The van der Waals surface area contributed by atoms with E-state index in [1.807, 2.05) is 49.1 Å². The molecule has 2 aliphatic heterocycles. The first-order valence-electron chi connectivity index (χ1n) is 24.8. The first-order chi connectivity index (χ1) is 36.1. The molecule has 2 aliphatic rings. The number of hydrogen-bond acceptors (Lipinski definition) is 13. The number of hydrogen-bond donors (Lipinski definition) is 2. The Morgan fingerprint density at radius 2 is 0.808 bits per heavy atom. The molecule has 4 heterocycles. The predicted molar refractivity (Wildman–Crippen MR) is 275 cm³/mol. The van der Waals surface area contributed by atoms with E-state index in [4.69, 9.17) is 19.2 Å². The van der Waals surface area contributed by atoms with Crippen LogP contribution in [0, 0.1) is 0 Å². The van der Waals surface area contributed by atoms with E-state index >= 15 is 0 Å². The molecule has 2 fully saturated rings. The van der Waals surface area contributed by atoms with Gasteiger partial charge in [0.2, 0.25) is 0 Å². The Bertz CT molecular complexity index is 2740. The number of pyridine rings is 2. The first-order valence-corrected chi connectivity index (χ1v) is 24.8. The number of aromatic nitrogens is 2. The van der Waals surface area contributed by atoms with E-state index in [0.29, 0.717) is 12.1 Å². The molecule has 0 aliphatic carbocycles. The third kappa shape index (κ3) is 18.8. The smallest absolute Gasteiger partial charge is 0.870 e. The molecule has 412 valence electrons. The molecule has 3 N–H and O–H groups in total. The van der Waals surface area contributed by atoms with Crippen molar-refractivity contribution in [3.63, 3.8) is 0 Å². The second-order valence-corrected chi connectivity index (χ2v) is 19.3. The normalized spacial score (nSPS) is 17.6. The van der Waals surface area contributed by atoms with E-state index in [1.165, 1.54) is 46.5 Å². The Labute approximate surface area is 463 Å². The average molecular weight is 1080 g/mol. The minimum absolute atomic E-state index is 0. The molecule has 6 aromatic rings. The van der Waals surface area contributed by atoms with Crippen LogP contribution in [0.15, 0.2) is 146 Å². The van der Waals surface area contributed by atoms with Gasteiger partial charge in [-0.3, -0.25) is 29.6 Å². The molecule has 0 spiro atoms. The van der Waals surface area contributed by atoms with Crippen molar-refractivity contribution >= 4 is 12.3 Å². The third-order valence-corrected chi connectivity index (χ3v) is 13.8. The quantitative estimate of drug-likeness (QED) is 0.0853. The van der Waals surface area contributed by atoms with E-state index in [9.17, 15) is 36.6 Å². The maximum atomic E-state index is 13.1. The minimum Gasteiger partial charge on any atom is -0.870 e. The standard InChI is InChI=1S/C29H34F3N3O.C27H30F3N3O.2CO2.Li.H2O/c1-3-4-27-21-34(17-18-35(27)20-23-13-15-33-16-14-23)19-22-5-7-24(8-6-22)25-9-11-26(12-10-25)28(2,36)29(30,31)32;1-20-17-32(15-16-33(20)19-22-11-13-31-14-12-22)18-21-3-5-23(6-4-21)24-7-9-25(10-8-24)26(2,34)27(28,29)30;2*2-1-3;;/h5-16,27,36H,3-4,17-21H2,1-2H3;3-14,20,34H,15-19H2,1-2H3;;;;1H2/q;;;;+1;/p-1. The average Bonchev–Trinajstić information content (AvgIpc) is 3.39. The summed E-state index contributed by atoms with van der Waals surface area (Å²) in [5.74, 6) is 0. The summed E-state index contributed by atoms with van der Waals surface area (Å²) < 4.78 is 78.5. The Hall–Kier alpha value is -6.16. The van der Waals surface area contributed by atoms with Gasteiger partial charge in [-0.1, -0.05) is 110 Å². The fourth-order valence-corrected chi connectivity index (χ4v) is 9.23. The number of aliphatic hydroxyl groups is 2. The summed E-state index contributed by atoms with van der Waals surface area (Å²) in [7, 11) is 0. The van der Waals surface area contributed by atoms with Crippen LogP contribution in [0.5, 0.6) is 0 Å². The molecular weight excluding hydrogens is 1010 g/mol. The van der Waals surface area contributed by atoms with Gasteiger partial charge in [0.25, 0.3) is 0 Å². The molecule has 20 heteroatoms. The van der Waals surface area contributed by atoms with E-state index < -0.39 is 23.6 Å². The van der Waals surface area contributed by atoms with Gasteiger partial charge in [0.05, 0.1) is 0 Å². The van der Waals surface area contributed by atoms with Gasteiger partial charge < -0.3 is 15.7 Å². The maximum Gasteiger partial charge on any atom is 1.00 e. The van der Waals surface area contributed by atoms with Gasteiger partial charge in [0.15, 0.2) is 11.2 Å². The van der Waals surface area contributed by atoms with Crippen molar-refractivity contribution in [1.82, 2.24) is 29.6 Å². The first kappa shape index (κ1) is 66.1. The van der Waals surface area contributed by atoms with Gasteiger partial charge in [0.1, 0.15) is 0 Å². The number of alkyl halides is 6. The van der Waals surface area contributed by atoms with E-state index in [0.717, 1.165) is 114 Å². The zero-order valence-electron chi connectivity index (χ0n) is 44.4. The summed E-state index contributed by atoms with van der Waals surface area (Å²) in [6, 6.07) is 37.5. The second kappa shape index (κ2) is 30.8. The van der Waals surface area contributed by atoms with Crippen LogP contribution < -0.4 is 18.9 Å². The fraction of sp³-hybridized carbons (Fsp3) is 0.379. The van der Waals surface area contributed by atoms with Crippen LogP contribution in [-0.4, -0.2) is 121 Å². The fourth-order valence-electron chi connectivity index (χ4n) is 9.23. The van der Waals surface area contributed by atoms with Crippen molar-refractivity contribution < 1.29 is 80.1 Å². The van der Waals surface area contributed by atoms with Crippen LogP contribution in [-0.2, 0) is 56.6 Å². The third-order valence-electron chi connectivity index (χ3n) is 13.8. The Balaban J connectivity index is 0.000000365. The van der Waals surface area contributed by atoms with Gasteiger partial charge in [-0.15, -0.1) is 0 Å². The monoisotopic (exact) mass is 1080 g/mol. The molecule has 8 rings (SSSR count). The second-order valence-electron chi connectivity index (χ2n) is 19.3. The van der Waals surface area contributed by atoms with Crippen LogP contribution in [0.4, 0.5) is 26.3 Å². The van der Waals surface area contributed by atoms with E-state index in [2.05, 4.69) is 91.9 Å². The Kier molecular flexibility index (Phi) is 26.1. The van der Waals surface area contributed by atoms with Crippen molar-refractivity contribution in [2.75, 3.05) is 39.3 Å². The molecule has 13 nitrogen and oxygen atoms in total. The molecule has 4 atom stereocenters. The molecule has 2 aromatic heterocycles. The van der Waals surface area contributed by atoms with Gasteiger partial charge >= 0.3 is 43.5 Å². The molecule has 4 unspecified atom stereocenters. The molecule has 0 bridgehead atoms. The minimum atomic E-state index is -4.73. The molecular formula is C58H65F6LiN6O7. The number of benzene rings is 4. The van der Waals surface area contributed by atoms with E-state index in [1.54, 1.807) is 24.3 Å². The molecule has 2 saturated heterocycles.